The molecule has 0 spiro atoms. The van der Waals surface area contributed by atoms with E-state index in [0.717, 1.165) is 11.8 Å². The lowest BCUT2D eigenvalue weighted by Crippen LogP contribution is -2.47. The Labute approximate surface area is 120 Å². The highest BCUT2D eigenvalue weighted by Gasteiger charge is 2.22. The smallest absolute Gasteiger partial charge is 0.221 e. The fourth-order valence-electron chi connectivity index (χ4n) is 1.74. The van der Waals surface area contributed by atoms with Crippen LogP contribution in [0.2, 0.25) is 0 Å². The predicted molar refractivity (Wildman–Crippen MR) is 78.5 cm³/mol. The Morgan fingerprint density at radius 1 is 1.35 bits per heavy atom. The van der Waals surface area contributed by atoms with Crippen LogP contribution in [0.5, 0.6) is 5.88 Å². The quantitative estimate of drug-likeness (QED) is 0.778. The van der Waals surface area contributed by atoms with Crippen molar-refractivity contribution in [3.05, 3.63) is 11.9 Å². The molecule has 0 aliphatic carbocycles. The summed E-state index contributed by atoms with van der Waals surface area (Å²) >= 11 is 0. The van der Waals surface area contributed by atoms with Gasteiger partial charge in [-0.25, -0.2) is 23.1 Å². The zero-order valence-electron chi connectivity index (χ0n) is 12.5. The van der Waals surface area contributed by atoms with Crippen molar-refractivity contribution in [1.82, 2.24) is 14.7 Å². The number of hydrogen-bond acceptors (Lipinski definition) is 6. The van der Waals surface area contributed by atoms with Crippen LogP contribution in [0, 0.1) is 6.92 Å². The van der Waals surface area contributed by atoms with Crippen LogP contribution in [0.15, 0.2) is 6.33 Å². The zero-order valence-corrected chi connectivity index (χ0v) is 13.3. The highest BCUT2D eigenvalue weighted by atomic mass is 32.2. The van der Waals surface area contributed by atoms with Gasteiger partial charge in [0, 0.05) is 12.1 Å². The molecule has 2 N–H and O–H groups in total. The van der Waals surface area contributed by atoms with Crippen LogP contribution in [-0.2, 0) is 10.0 Å². The molecule has 7 nitrogen and oxygen atoms in total. The minimum Gasteiger partial charge on any atom is -0.478 e. The third-order valence-corrected chi connectivity index (χ3v) is 3.40. The van der Waals surface area contributed by atoms with Crippen molar-refractivity contribution < 1.29 is 13.2 Å². The van der Waals surface area contributed by atoms with Crippen molar-refractivity contribution in [2.75, 3.05) is 24.7 Å². The summed E-state index contributed by atoms with van der Waals surface area (Å²) in [5, 5.41) is 3.12. The van der Waals surface area contributed by atoms with Crippen LogP contribution < -0.4 is 14.8 Å². The van der Waals surface area contributed by atoms with Crippen molar-refractivity contribution in [1.29, 1.82) is 0 Å². The molecule has 0 atom stereocenters. The van der Waals surface area contributed by atoms with Crippen molar-refractivity contribution >= 4 is 15.8 Å². The Hall–Kier alpha value is -1.41. The third-order valence-electron chi connectivity index (χ3n) is 2.48. The standard InChI is InChI=1S/C12H22N4O3S/c1-6-19-11-9(2)10(14-8-15-11)13-7-12(3,4)16-20(5,17)18/h8,16H,6-7H2,1-5H3,(H,13,14,15). The lowest BCUT2D eigenvalue weighted by atomic mass is 10.1. The molecule has 0 unspecified atom stereocenters. The van der Waals surface area contributed by atoms with E-state index in [4.69, 9.17) is 4.74 Å². The van der Waals surface area contributed by atoms with Crippen LogP contribution in [0.1, 0.15) is 26.3 Å². The van der Waals surface area contributed by atoms with E-state index in [1.165, 1.54) is 6.33 Å². The molecule has 114 valence electrons. The average molecular weight is 302 g/mol. The summed E-state index contributed by atoms with van der Waals surface area (Å²) in [7, 11) is -3.26. The van der Waals surface area contributed by atoms with Crippen molar-refractivity contribution in [3.8, 4) is 5.88 Å². The van der Waals surface area contributed by atoms with E-state index in [2.05, 4.69) is 20.0 Å². The molecule has 0 bridgehead atoms. The Bertz CT molecular complexity index is 558. The molecule has 0 saturated heterocycles. The van der Waals surface area contributed by atoms with Crippen molar-refractivity contribution in [2.45, 2.75) is 33.2 Å². The molecule has 8 heteroatoms. The third kappa shape index (κ3) is 5.30. The molecule has 0 aliphatic heterocycles. The lowest BCUT2D eigenvalue weighted by molar-refractivity contribution is 0.323. The highest BCUT2D eigenvalue weighted by Crippen LogP contribution is 2.20. The summed E-state index contributed by atoms with van der Waals surface area (Å²) in [6, 6.07) is 0. The van der Waals surface area contributed by atoms with Gasteiger partial charge in [0.1, 0.15) is 12.1 Å². The van der Waals surface area contributed by atoms with Gasteiger partial charge < -0.3 is 10.1 Å². The molecule has 0 fully saturated rings. The van der Waals surface area contributed by atoms with Gasteiger partial charge in [-0.05, 0) is 27.7 Å². The fraction of sp³-hybridized carbons (Fsp3) is 0.667. The minimum atomic E-state index is -3.26. The van der Waals surface area contributed by atoms with Crippen molar-refractivity contribution in [3.63, 3.8) is 0 Å². The lowest BCUT2D eigenvalue weighted by Gasteiger charge is -2.26. The number of anilines is 1. The number of aromatic nitrogens is 2. The highest BCUT2D eigenvalue weighted by molar-refractivity contribution is 7.88. The molecule has 0 aromatic carbocycles. The number of nitrogens with one attached hydrogen (secondary N) is 2. The van der Waals surface area contributed by atoms with E-state index in [1.54, 1.807) is 13.8 Å². The summed E-state index contributed by atoms with van der Waals surface area (Å²) in [5.74, 6) is 1.16. The largest absolute Gasteiger partial charge is 0.478 e. The summed E-state index contributed by atoms with van der Waals surface area (Å²) < 4.78 is 30.5. The molecule has 1 aromatic heterocycles. The fourth-order valence-corrected chi connectivity index (χ4v) is 2.81. The first kappa shape index (κ1) is 16.6. The van der Waals surface area contributed by atoms with E-state index < -0.39 is 15.6 Å². The first-order chi connectivity index (χ1) is 9.14. The predicted octanol–water partition coefficient (Wildman–Crippen LogP) is 0.923. The topological polar surface area (TPSA) is 93.2 Å². The van der Waals surface area contributed by atoms with E-state index in [0.29, 0.717) is 24.8 Å². The molecule has 1 heterocycles. The number of hydrogen-bond donors (Lipinski definition) is 2. The molecule has 0 saturated carbocycles. The van der Waals surface area contributed by atoms with Crippen LogP contribution in [0.3, 0.4) is 0 Å². The summed E-state index contributed by atoms with van der Waals surface area (Å²) in [5.41, 5.74) is 0.168. The molecule has 0 aliphatic rings. The summed E-state index contributed by atoms with van der Waals surface area (Å²) in [6.45, 7) is 8.24. The van der Waals surface area contributed by atoms with Crippen LogP contribution in [0.4, 0.5) is 5.82 Å². The molecule has 1 rings (SSSR count). The van der Waals surface area contributed by atoms with Gasteiger partial charge in [0.25, 0.3) is 0 Å². The first-order valence-corrected chi connectivity index (χ1v) is 8.21. The second-order valence-electron chi connectivity index (χ2n) is 5.20. The zero-order chi connectivity index (χ0) is 15.4. The molecule has 0 amide bonds. The van der Waals surface area contributed by atoms with Gasteiger partial charge >= 0.3 is 0 Å². The maximum absolute atomic E-state index is 11.3. The monoisotopic (exact) mass is 302 g/mol. The second kappa shape index (κ2) is 6.36. The number of sulfonamides is 1. The van der Waals surface area contributed by atoms with E-state index in [9.17, 15) is 8.42 Å². The van der Waals surface area contributed by atoms with Crippen LogP contribution >= 0.6 is 0 Å². The maximum atomic E-state index is 11.3. The summed E-state index contributed by atoms with van der Waals surface area (Å²) in [6.07, 6.45) is 2.55. The van der Waals surface area contributed by atoms with Gasteiger partial charge in [-0.3, -0.25) is 0 Å². The molecule has 0 radical (unpaired) electrons. The SMILES string of the molecule is CCOc1ncnc(NCC(C)(C)NS(C)(=O)=O)c1C. The number of rotatable bonds is 7. The van der Waals surface area contributed by atoms with Crippen LogP contribution in [0.25, 0.3) is 0 Å². The maximum Gasteiger partial charge on any atom is 0.221 e. The first-order valence-electron chi connectivity index (χ1n) is 6.32. The van der Waals surface area contributed by atoms with E-state index in [1.807, 2.05) is 13.8 Å². The average Bonchev–Trinajstić information content (AvgIpc) is 2.27. The Kier molecular flexibility index (Phi) is 5.29. The Morgan fingerprint density at radius 2 is 2.00 bits per heavy atom. The van der Waals surface area contributed by atoms with Gasteiger partial charge in [-0.2, -0.15) is 0 Å². The van der Waals surface area contributed by atoms with E-state index in [-0.39, 0.29) is 0 Å². The Morgan fingerprint density at radius 3 is 2.55 bits per heavy atom. The number of ether oxygens (including phenoxy) is 1. The van der Waals surface area contributed by atoms with Gasteiger partial charge in [-0.15, -0.1) is 0 Å². The summed E-state index contributed by atoms with van der Waals surface area (Å²) in [4.78, 5) is 8.19. The van der Waals surface area contributed by atoms with Gasteiger partial charge in [-0.1, -0.05) is 0 Å². The Balaban J connectivity index is 2.77. The van der Waals surface area contributed by atoms with Crippen LogP contribution in [-0.4, -0.2) is 43.3 Å². The van der Waals surface area contributed by atoms with Crippen molar-refractivity contribution in [2.24, 2.45) is 0 Å². The molecule has 20 heavy (non-hydrogen) atoms. The molecule has 1 aromatic rings. The minimum absolute atomic E-state index is 0.392. The van der Waals surface area contributed by atoms with Gasteiger partial charge in [0.05, 0.1) is 18.4 Å². The molecular formula is C12H22N4O3S. The van der Waals surface area contributed by atoms with Gasteiger partial charge in [0.2, 0.25) is 15.9 Å². The second-order valence-corrected chi connectivity index (χ2v) is 6.95. The van der Waals surface area contributed by atoms with E-state index >= 15 is 0 Å². The van der Waals surface area contributed by atoms with Gasteiger partial charge in [0.15, 0.2) is 0 Å². The molecular weight excluding hydrogens is 280 g/mol. The normalized spacial score (nSPS) is 12.2. The number of nitrogens with zero attached hydrogens (tertiary/aromatic N) is 2.